The molecule has 0 aromatic carbocycles. The molecule has 132 valence electrons. The molecule has 1 fully saturated rings. The maximum absolute atomic E-state index is 12.3. The number of rotatable bonds is 2. The zero-order valence-electron chi connectivity index (χ0n) is 14.8. The number of carbonyl (C=O) groups is 1. The summed E-state index contributed by atoms with van der Waals surface area (Å²) in [5.74, 6) is 0.801. The van der Waals surface area contributed by atoms with Gasteiger partial charge in [0.05, 0.1) is 18.9 Å². The molecule has 2 aliphatic rings. The number of morpholine rings is 1. The Labute approximate surface area is 143 Å². The molecule has 1 aromatic rings. The highest BCUT2D eigenvalue weighted by molar-refractivity contribution is 5.74. The third-order valence-electron chi connectivity index (χ3n) is 4.53. The van der Waals surface area contributed by atoms with Crippen molar-refractivity contribution in [3.05, 3.63) is 17.0 Å². The van der Waals surface area contributed by atoms with E-state index in [1.54, 1.807) is 0 Å². The van der Waals surface area contributed by atoms with Gasteiger partial charge >= 0.3 is 6.03 Å². The molecule has 3 rings (SSSR count). The maximum Gasteiger partial charge on any atom is 0.317 e. The summed E-state index contributed by atoms with van der Waals surface area (Å²) >= 11 is 0. The fourth-order valence-electron chi connectivity index (χ4n) is 3.22. The summed E-state index contributed by atoms with van der Waals surface area (Å²) in [6.07, 6.45) is 1.59. The monoisotopic (exact) mass is 333 g/mol. The zero-order chi connectivity index (χ0) is 17.1. The van der Waals surface area contributed by atoms with Gasteiger partial charge in [-0.3, -0.25) is 0 Å². The Bertz CT molecular complexity index is 599. The summed E-state index contributed by atoms with van der Waals surface area (Å²) in [6.45, 7) is 10.5. The van der Waals surface area contributed by atoms with Crippen molar-refractivity contribution in [1.29, 1.82) is 0 Å². The molecular formula is C17H27N5O2. The summed E-state index contributed by atoms with van der Waals surface area (Å²) in [4.78, 5) is 25.9. The molecule has 0 bridgehead atoms. The van der Waals surface area contributed by atoms with Crippen molar-refractivity contribution in [3.8, 4) is 0 Å². The molecule has 3 heterocycles. The number of urea groups is 1. The highest BCUT2D eigenvalue weighted by Crippen LogP contribution is 2.21. The van der Waals surface area contributed by atoms with E-state index < -0.39 is 0 Å². The van der Waals surface area contributed by atoms with Crippen LogP contribution in [0.3, 0.4) is 0 Å². The third kappa shape index (κ3) is 3.77. The second kappa shape index (κ2) is 7.34. The van der Waals surface area contributed by atoms with Gasteiger partial charge in [0.15, 0.2) is 0 Å². The van der Waals surface area contributed by atoms with E-state index >= 15 is 0 Å². The molecule has 0 unspecified atom stereocenters. The van der Waals surface area contributed by atoms with Gasteiger partial charge in [-0.25, -0.2) is 14.8 Å². The Morgan fingerprint density at radius 3 is 2.54 bits per heavy atom. The standard InChI is InChI=1S/C17H27N5O2/c1-12(2)18-17(23)22-6-4-14-13(3)19-16(20-15(14)5-7-22)21-8-10-24-11-9-21/h12H,4-11H2,1-3H3,(H,18,23). The Morgan fingerprint density at radius 1 is 1.12 bits per heavy atom. The van der Waals surface area contributed by atoms with E-state index in [0.29, 0.717) is 13.1 Å². The molecule has 2 amide bonds. The number of hydrogen-bond donors (Lipinski definition) is 1. The molecule has 0 spiro atoms. The van der Waals surface area contributed by atoms with Gasteiger partial charge in [-0.05, 0) is 32.8 Å². The first kappa shape index (κ1) is 17.0. The molecule has 2 aliphatic heterocycles. The Hall–Kier alpha value is -1.89. The first-order chi connectivity index (χ1) is 11.5. The van der Waals surface area contributed by atoms with Crippen LogP contribution in [-0.4, -0.2) is 66.3 Å². The van der Waals surface area contributed by atoms with Crippen LogP contribution in [0.4, 0.5) is 10.7 Å². The van der Waals surface area contributed by atoms with Crippen molar-refractivity contribution in [2.45, 2.75) is 39.7 Å². The molecular weight excluding hydrogens is 306 g/mol. The van der Waals surface area contributed by atoms with Crippen LogP contribution in [0.1, 0.15) is 30.8 Å². The fourth-order valence-corrected chi connectivity index (χ4v) is 3.22. The Balaban J connectivity index is 1.76. The number of carbonyl (C=O) groups excluding carboxylic acids is 1. The number of aryl methyl sites for hydroxylation is 1. The van der Waals surface area contributed by atoms with E-state index in [1.807, 2.05) is 25.7 Å². The van der Waals surface area contributed by atoms with E-state index in [4.69, 9.17) is 14.7 Å². The topological polar surface area (TPSA) is 70.6 Å². The molecule has 0 atom stereocenters. The van der Waals surface area contributed by atoms with Crippen molar-refractivity contribution >= 4 is 12.0 Å². The lowest BCUT2D eigenvalue weighted by atomic mass is 10.1. The van der Waals surface area contributed by atoms with Gasteiger partial charge in [0.2, 0.25) is 5.95 Å². The summed E-state index contributed by atoms with van der Waals surface area (Å²) in [5, 5.41) is 2.97. The van der Waals surface area contributed by atoms with E-state index in [2.05, 4.69) is 10.2 Å². The van der Waals surface area contributed by atoms with E-state index in [9.17, 15) is 4.79 Å². The van der Waals surface area contributed by atoms with E-state index in [0.717, 1.165) is 56.5 Å². The fraction of sp³-hybridized carbons (Fsp3) is 0.706. The van der Waals surface area contributed by atoms with Crippen LogP contribution in [0.2, 0.25) is 0 Å². The largest absolute Gasteiger partial charge is 0.378 e. The van der Waals surface area contributed by atoms with E-state index in [-0.39, 0.29) is 12.1 Å². The summed E-state index contributed by atoms with van der Waals surface area (Å²) in [7, 11) is 0. The van der Waals surface area contributed by atoms with Crippen molar-refractivity contribution in [2.75, 3.05) is 44.3 Å². The summed E-state index contributed by atoms with van der Waals surface area (Å²) < 4.78 is 5.41. The molecule has 24 heavy (non-hydrogen) atoms. The van der Waals surface area contributed by atoms with Gasteiger partial charge < -0.3 is 19.9 Å². The Kier molecular flexibility index (Phi) is 5.18. The highest BCUT2D eigenvalue weighted by atomic mass is 16.5. The Morgan fingerprint density at radius 2 is 1.83 bits per heavy atom. The molecule has 7 nitrogen and oxygen atoms in total. The molecule has 0 saturated carbocycles. The van der Waals surface area contributed by atoms with E-state index in [1.165, 1.54) is 5.56 Å². The van der Waals surface area contributed by atoms with Crippen LogP contribution < -0.4 is 10.2 Å². The van der Waals surface area contributed by atoms with Crippen molar-refractivity contribution in [3.63, 3.8) is 0 Å². The number of anilines is 1. The van der Waals surface area contributed by atoms with Crippen molar-refractivity contribution in [1.82, 2.24) is 20.2 Å². The predicted molar refractivity (Wildman–Crippen MR) is 92.4 cm³/mol. The molecule has 0 radical (unpaired) electrons. The number of hydrogen-bond acceptors (Lipinski definition) is 5. The van der Waals surface area contributed by atoms with Crippen LogP contribution in [0.25, 0.3) is 0 Å². The number of aromatic nitrogens is 2. The van der Waals surface area contributed by atoms with Gasteiger partial charge in [-0.2, -0.15) is 0 Å². The summed E-state index contributed by atoms with van der Waals surface area (Å²) in [5.41, 5.74) is 3.32. The second-order valence-electron chi connectivity index (χ2n) is 6.72. The normalized spacial score (nSPS) is 18.3. The highest BCUT2D eigenvalue weighted by Gasteiger charge is 2.23. The second-order valence-corrected chi connectivity index (χ2v) is 6.72. The number of fused-ring (bicyclic) bond motifs is 1. The van der Waals surface area contributed by atoms with Crippen LogP contribution >= 0.6 is 0 Å². The minimum atomic E-state index is 0.0109. The molecule has 7 heteroatoms. The predicted octanol–water partition coefficient (Wildman–Crippen LogP) is 1.14. The molecule has 1 N–H and O–H groups in total. The number of nitrogens with zero attached hydrogens (tertiary/aromatic N) is 4. The van der Waals surface area contributed by atoms with Gasteiger partial charge in [0, 0.05) is 44.3 Å². The van der Waals surface area contributed by atoms with Crippen LogP contribution in [0.5, 0.6) is 0 Å². The van der Waals surface area contributed by atoms with Gasteiger partial charge in [-0.15, -0.1) is 0 Å². The maximum atomic E-state index is 12.3. The number of nitrogens with one attached hydrogen (secondary N) is 1. The van der Waals surface area contributed by atoms with Gasteiger partial charge in [-0.1, -0.05) is 0 Å². The molecule has 0 aliphatic carbocycles. The van der Waals surface area contributed by atoms with Crippen LogP contribution in [0, 0.1) is 6.92 Å². The number of amides is 2. The minimum absolute atomic E-state index is 0.0109. The molecule has 1 aromatic heterocycles. The lowest BCUT2D eigenvalue weighted by Crippen LogP contribution is -2.44. The first-order valence-electron chi connectivity index (χ1n) is 8.79. The van der Waals surface area contributed by atoms with Crippen LogP contribution in [-0.2, 0) is 17.6 Å². The lowest BCUT2D eigenvalue weighted by molar-refractivity contribution is 0.122. The molecule has 1 saturated heterocycles. The van der Waals surface area contributed by atoms with Crippen LogP contribution in [0.15, 0.2) is 0 Å². The van der Waals surface area contributed by atoms with Crippen molar-refractivity contribution in [2.24, 2.45) is 0 Å². The zero-order valence-corrected chi connectivity index (χ0v) is 14.8. The average molecular weight is 333 g/mol. The minimum Gasteiger partial charge on any atom is -0.378 e. The lowest BCUT2D eigenvalue weighted by Gasteiger charge is -2.27. The van der Waals surface area contributed by atoms with Crippen molar-refractivity contribution < 1.29 is 9.53 Å². The smallest absolute Gasteiger partial charge is 0.317 e. The number of ether oxygens (including phenoxy) is 1. The van der Waals surface area contributed by atoms with Gasteiger partial charge in [0.1, 0.15) is 0 Å². The SMILES string of the molecule is Cc1nc(N2CCOCC2)nc2c1CCN(C(=O)NC(C)C)CC2. The summed E-state index contributed by atoms with van der Waals surface area (Å²) in [6, 6.07) is 0.161. The average Bonchev–Trinajstić information content (AvgIpc) is 2.78. The third-order valence-corrected chi connectivity index (χ3v) is 4.53. The quantitative estimate of drug-likeness (QED) is 0.879. The van der Waals surface area contributed by atoms with Gasteiger partial charge in [0.25, 0.3) is 0 Å². The first-order valence-corrected chi connectivity index (χ1v) is 8.79.